The van der Waals surface area contributed by atoms with Gasteiger partial charge in [-0.2, -0.15) is 0 Å². The first-order valence-electron chi connectivity index (χ1n) is 3.35. The quantitative estimate of drug-likeness (QED) is 0.286. The summed E-state index contributed by atoms with van der Waals surface area (Å²) in [5.41, 5.74) is 0. The van der Waals surface area contributed by atoms with Gasteiger partial charge in [-0.15, -0.1) is 6.58 Å². The van der Waals surface area contributed by atoms with Gasteiger partial charge in [-0.25, -0.2) is 9.59 Å². The predicted octanol–water partition coefficient (Wildman–Crippen LogP) is 0.746. The molecule has 0 radical (unpaired) electrons. The largest absolute Gasteiger partial charge is 0.478 e. The fourth-order valence-electron chi connectivity index (χ4n) is 0.430. The maximum atomic E-state index is 10.6. The average molecular weight is 170 g/mol. The van der Waals surface area contributed by atoms with Gasteiger partial charge in [-0.1, -0.05) is 6.08 Å². The van der Waals surface area contributed by atoms with Crippen molar-refractivity contribution in [3.63, 3.8) is 0 Å². The topological polar surface area (TPSA) is 63.6 Å². The number of aliphatic carboxylic acids is 1. The molecule has 4 heteroatoms. The Hall–Kier alpha value is -1.58. The zero-order valence-electron chi connectivity index (χ0n) is 6.53. The van der Waals surface area contributed by atoms with Crippen molar-refractivity contribution in [3.05, 3.63) is 24.8 Å². The zero-order valence-corrected chi connectivity index (χ0v) is 6.53. The third-order valence-electron chi connectivity index (χ3n) is 0.928. The first kappa shape index (κ1) is 10.4. The highest BCUT2D eigenvalue weighted by molar-refractivity contribution is 5.90. The molecule has 0 aromatic carbocycles. The van der Waals surface area contributed by atoms with Crippen molar-refractivity contribution < 1.29 is 19.4 Å². The van der Waals surface area contributed by atoms with Crippen LogP contribution in [-0.4, -0.2) is 23.7 Å². The van der Waals surface area contributed by atoms with Gasteiger partial charge in [0.25, 0.3) is 0 Å². The summed E-state index contributed by atoms with van der Waals surface area (Å²) in [6, 6.07) is 0. The minimum atomic E-state index is -1.17. The summed E-state index contributed by atoms with van der Waals surface area (Å²) in [5, 5.41) is 8.12. The zero-order chi connectivity index (χ0) is 9.40. The average Bonchev–Trinajstić information content (AvgIpc) is 2.01. The second-order valence-corrected chi connectivity index (χ2v) is 1.92. The van der Waals surface area contributed by atoms with E-state index in [1.54, 1.807) is 6.08 Å². The molecule has 0 fully saturated rings. The molecule has 4 nitrogen and oxygen atoms in total. The van der Waals surface area contributed by atoms with Gasteiger partial charge < -0.3 is 9.84 Å². The van der Waals surface area contributed by atoms with E-state index in [1.165, 1.54) is 0 Å². The molecule has 0 aromatic rings. The third kappa shape index (κ3) is 6.54. The smallest absolute Gasteiger partial charge is 0.331 e. The highest BCUT2D eigenvalue weighted by Gasteiger charge is 1.95. The SMILES string of the molecule is C=CCCOC(=O)/C=C\C(=O)O. The van der Waals surface area contributed by atoms with E-state index in [4.69, 9.17) is 5.11 Å². The van der Waals surface area contributed by atoms with Gasteiger partial charge in [0, 0.05) is 12.2 Å². The van der Waals surface area contributed by atoms with E-state index in [2.05, 4.69) is 11.3 Å². The number of carbonyl (C=O) groups excluding carboxylic acids is 1. The molecule has 0 unspecified atom stereocenters. The van der Waals surface area contributed by atoms with Gasteiger partial charge in [0.2, 0.25) is 0 Å². The molecule has 0 bridgehead atoms. The van der Waals surface area contributed by atoms with Crippen molar-refractivity contribution in [2.24, 2.45) is 0 Å². The van der Waals surface area contributed by atoms with E-state index in [0.717, 1.165) is 12.2 Å². The van der Waals surface area contributed by atoms with Crippen molar-refractivity contribution >= 4 is 11.9 Å². The number of hydrogen-bond donors (Lipinski definition) is 1. The van der Waals surface area contributed by atoms with Crippen molar-refractivity contribution in [2.75, 3.05) is 6.61 Å². The molecule has 12 heavy (non-hydrogen) atoms. The summed E-state index contributed by atoms with van der Waals surface area (Å²) in [5.74, 6) is -1.82. The van der Waals surface area contributed by atoms with Crippen LogP contribution in [0.5, 0.6) is 0 Å². The van der Waals surface area contributed by atoms with Gasteiger partial charge >= 0.3 is 11.9 Å². The molecular weight excluding hydrogens is 160 g/mol. The molecule has 0 aliphatic heterocycles. The van der Waals surface area contributed by atoms with Crippen LogP contribution < -0.4 is 0 Å². The molecule has 0 rings (SSSR count). The Morgan fingerprint density at radius 2 is 2.08 bits per heavy atom. The van der Waals surface area contributed by atoms with Crippen molar-refractivity contribution in [1.29, 1.82) is 0 Å². The van der Waals surface area contributed by atoms with Crippen LogP contribution in [-0.2, 0) is 14.3 Å². The molecule has 0 aliphatic rings. The van der Waals surface area contributed by atoms with Crippen LogP contribution >= 0.6 is 0 Å². The monoisotopic (exact) mass is 170 g/mol. The molecule has 1 N–H and O–H groups in total. The number of carboxylic acid groups (broad SMARTS) is 1. The van der Waals surface area contributed by atoms with Crippen LogP contribution in [0, 0.1) is 0 Å². The second kappa shape index (κ2) is 6.15. The first-order chi connectivity index (χ1) is 5.66. The second-order valence-electron chi connectivity index (χ2n) is 1.92. The summed E-state index contributed by atoms with van der Waals surface area (Å²) in [6.07, 6.45) is 3.77. The summed E-state index contributed by atoms with van der Waals surface area (Å²) >= 11 is 0. The molecule has 0 saturated heterocycles. The standard InChI is InChI=1S/C8H10O4/c1-2-3-6-12-8(11)5-4-7(9)10/h2,4-5H,1,3,6H2,(H,9,10)/b5-4-. The number of ether oxygens (including phenoxy) is 1. The molecule has 0 spiro atoms. The third-order valence-corrected chi connectivity index (χ3v) is 0.928. The Bertz CT molecular complexity index is 205. The van der Waals surface area contributed by atoms with Gasteiger partial charge in [-0.05, 0) is 6.42 Å². The lowest BCUT2D eigenvalue weighted by Crippen LogP contribution is -2.02. The van der Waals surface area contributed by atoms with E-state index in [9.17, 15) is 9.59 Å². The number of esters is 1. The number of carbonyl (C=O) groups is 2. The lowest BCUT2D eigenvalue weighted by atomic mass is 10.4. The van der Waals surface area contributed by atoms with Gasteiger partial charge in [0.15, 0.2) is 0 Å². The molecule has 0 heterocycles. The fraction of sp³-hybridized carbons (Fsp3) is 0.250. The van der Waals surface area contributed by atoms with E-state index in [1.807, 2.05) is 0 Å². The van der Waals surface area contributed by atoms with Crippen molar-refractivity contribution in [3.8, 4) is 0 Å². The lowest BCUT2D eigenvalue weighted by molar-refractivity contribution is -0.138. The van der Waals surface area contributed by atoms with Gasteiger partial charge in [0.1, 0.15) is 0 Å². The Kier molecular flexibility index (Phi) is 5.34. The molecule has 0 aromatic heterocycles. The van der Waals surface area contributed by atoms with E-state index in [0.29, 0.717) is 6.42 Å². The summed E-state index contributed by atoms with van der Waals surface area (Å²) in [7, 11) is 0. The van der Waals surface area contributed by atoms with Gasteiger partial charge in [0.05, 0.1) is 6.61 Å². The van der Waals surface area contributed by atoms with Crippen LogP contribution in [0.4, 0.5) is 0 Å². The molecule has 0 aliphatic carbocycles. The van der Waals surface area contributed by atoms with Crippen LogP contribution in [0.25, 0.3) is 0 Å². The highest BCUT2D eigenvalue weighted by Crippen LogP contribution is 1.86. The highest BCUT2D eigenvalue weighted by atomic mass is 16.5. The van der Waals surface area contributed by atoms with Crippen LogP contribution in [0.3, 0.4) is 0 Å². The first-order valence-corrected chi connectivity index (χ1v) is 3.35. The Morgan fingerprint density at radius 3 is 2.58 bits per heavy atom. The van der Waals surface area contributed by atoms with Gasteiger partial charge in [-0.3, -0.25) is 0 Å². The maximum absolute atomic E-state index is 10.6. The fourth-order valence-corrected chi connectivity index (χ4v) is 0.430. The predicted molar refractivity (Wildman–Crippen MR) is 42.5 cm³/mol. The van der Waals surface area contributed by atoms with Crippen LogP contribution in [0.1, 0.15) is 6.42 Å². The van der Waals surface area contributed by atoms with E-state index in [-0.39, 0.29) is 6.61 Å². The Balaban J connectivity index is 3.59. The normalized spacial score (nSPS) is 9.67. The molecule has 0 amide bonds. The van der Waals surface area contributed by atoms with E-state index >= 15 is 0 Å². The summed E-state index contributed by atoms with van der Waals surface area (Å²) in [6.45, 7) is 3.66. The van der Waals surface area contributed by atoms with E-state index < -0.39 is 11.9 Å². The van der Waals surface area contributed by atoms with Crippen LogP contribution in [0.2, 0.25) is 0 Å². The maximum Gasteiger partial charge on any atom is 0.331 e. The Morgan fingerprint density at radius 1 is 1.42 bits per heavy atom. The summed E-state index contributed by atoms with van der Waals surface area (Å²) in [4.78, 5) is 20.5. The Labute approximate surface area is 70.1 Å². The molecule has 0 saturated carbocycles. The number of hydrogen-bond acceptors (Lipinski definition) is 3. The number of carboxylic acids is 1. The minimum Gasteiger partial charge on any atom is -0.478 e. The van der Waals surface area contributed by atoms with Crippen molar-refractivity contribution in [1.82, 2.24) is 0 Å². The molecule has 66 valence electrons. The van der Waals surface area contributed by atoms with Crippen LogP contribution in [0.15, 0.2) is 24.8 Å². The molecular formula is C8H10O4. The molecule has 0 atom stereocenters. The lowest BCUT2D eigenvalue weighted by Gasteiger charge is -1.96. The summed E-state index contributed by atoms with van der Waals surface area (Å²) < 4.78 is 4.57. The minimum absolute atomic E-state index is 0.228. The van der Waals surface area contributed by atoms with Crippen molar-refractivity contribution in [2.45, 2.75) is 6.42 Å². The number of rotatable bonds is 5.